The first kappa shape index (κ1) is 14.8. The van der Waals surface area contributed by atoms with Crippen molar-refractivity contribution in [2.24, 2.45) is 5.41 Å². The van der Waals surface area contributed by atoms with Crippen LogP contribution in [-0.4, -0.2) is 44.0 Å². The molecule has 0 saturated carbocycles. The molecule has 0 aromatic rings. The van der Waals surface area contributed by atoms with E-state index in [-0.39, 0.29) is 28.9 Å². The Hall–Kier alpha value is -0.620. The topological polar surface area (TPSA) is 75.3 Å². The Labute approximate surface area is 115 Å². The third-order valence-electron chi connectivity index (χ3n) is 4.32. The van der Waals surface area contributed by atoms with Gasteiger partial charge in [-0.15, -0.1) is 0 Å². The number of carbonyl (C=O) groups is 1. The molecule has 2 atom stereocenters. The Morgan fingerprint density at radius 1 is 1.26 bits per heavy atom. The maximum absolute atomic E-state index is 12.4. The molecule has 0 aromatic carbocycles. The van der Waals surface area contributed by atoms with Gasteiger partial charge in [-0.3, -0.25) is 4.79 Å². The first-order valence-corrected chi connectivity index (χ1v) is 8.72. The Balaban J connectivity index is 2.05. The zero-order chi connectivity index (χ0) is 14.3. The molecule has 1 amide bonds. The van der Waals surface area contributed by atoms with Gasteiger partial charge < -0.3 is 10.6 Å². The van der Waals surface area contributed by atoms with E-state index in [9.17, 15) is 13.2 Å². The van der Waals surface area contributed by atoms with Gasteiger partial charge in [0.25, 0.3) is 0 Å². The van der Waals surface area contributed by atoms with Crippen LogP contribution < -0.4 is 10.6 Å². The van der Waals surface area contributed by atoms with Crippen LogP contribution >= 0.6 is 0 Å². The van der Waals surface area contributed by atoms with Crippen LogP contribution in [0.25, 0.3) is 0 Å². The van der Waals surface area contributed by atoms with Crippen molar-refractivity contribution >= 4 is 15.7 Å². The lowest BCUT2D eigenvalue weighted by Crippen LogP contribution is -2.60. The molecule has 0 aromatic heterocycles. The van der Waals surface area contributed by atoms with Gasteiger partial charge in [0.2, 0.25) is 5.91 Å². The molecule has 0 spiro atoms. The van der Waals surface area contributed by atoms with Crippen LogP contribution in [0.5, 0.6) is 0 Å². The quantitative estimate of drug-likeness (QED) is 0.774. The molecule has 2 heterocycles. The summed E-state index contributed by atoms with van der Waals surface area (Å²) in [4.78, 5) is 12.4. The highest BCUT2D eigenvalue weighted by Gasteiger charge is 2.43. The summed E-state index contributed by atoms with van der Waals surface area (Å²) in [6.45, 7) is 6.83. The SMILES string of the molecule is CC1(NC(=O)C2NCCCC2(C)C)CCS(=O)(=O)C1. The van der Waals surface area contributed by atoms with Gasteiger partial charge >= 0.3 is 0 Å². The van der Waals surface area contributed by atoms with Crippen LogP contribution in [0.3, 0.4) is 0 Å². The number of carbonyl (C=O) groups excluding carboxylic acids is 1. The maximum atomic E-state index is 12.4. The third-order valence-corrected chi connectivity index (χ3v) is 6.22. The highest BCUT2D eigenvalue weighted by molar-refractivity contribution is 7.91. The van der Waals surface area contributed by atoms with Gasteiger partial charge in [-0.25, -0.2) is 8.42 Å². The van der Waals surface area contributed by atoms with Crippen molar-refractivity contribution in [1.82, 2.24) is 10.6 Å². The number of amides is 1. The summed E-state index contributed by atoms with van der Waals surface area (Å²) in [6, 6.07) is -0.235. The van der Waals surface area contributed by atoms with Crippen LogP contribution in [0.1, 0.15) is 40.0 Å². The minimum Gasteiger partial charge on any atom is -0.349 e. The summed E-state index contributed by atoms with van der Waals surface area (Å²) in [5.41, 5.74) is -0.693. The van der Waals surface area contributed by atoms with Crippen molar-refractivity contribution in [3.63, 3.8) is 0 Å². The molecule has 2 fully saturated rings. The largest absolute Gasteiger partial charge is 0.349 e. The summed E-state index contributed by atoms with van der Waals surface area (Å²) < 4.78 is 23.1. The first-order valence-electron chi connectivity index (χ1n) is 6.90. The lowest BCUT2D eigenvalue weighted by Gasteiger charge is -2.40. The molecule has 2 aliphatic heterocycles. The molecule has 0 aliphatic carbocycles. The molecule has 2 N–H and O–H groups in total. The fourth-order valence-corrected chi connectivity index (χ4v) is 5.23. The van der Waals surface area contributed by atoms with E-state index in [1.54, 1.807) is 0 Å². The van der Waals surface area contributed by atoms with E-state index >= 15 is 0 Å². The second kappa shape index (κ2) is 4.74. The van der Waals surface area contributed by atoms with E-state index in [1.807, 2.05) is 6.92 Å². The Morgan fingerprint density at radius 3 is 2.47 bits per heavy atom. The fourth-order valence-electron chi connectivity index (χ4n) is 3.14. The summed E-state index contributed by atoms with van der Waals surface area (Å²) in [5.74, 6) is 0.161. The average molecular weight is 288 g/mol. The van der Waals surface area contributed by atoms with Crippen LogP contribution in [0.2, 0.25) is 0 Å². The summed E-state index contributed by atoms with van der Waals surface area (Å²) in [7, 11) is -2.99. The van der Waals surface area contributed by atoms with Crippen molar-refractivity contribution in [3.8, 4) is 0 Å². The number of nitrogens with one attached hydrogen (secondary N) is 2. The van der Waals surface area contributed by atoms with E-state index < -0.39 is 15.4 Å². The minimum absolute atomic E-state index is 0.0545. The van der Waals surface area contributed by atoms with Crippen LogP contribution in [0.15, 0.2) is 0 Å². The molecule has 19 heavy (non-hydrogen) atoms. The number of hydrogen-bond acceptors (Lipinski definition) is 4. The zero-order valence-corrected chi connectivity index (χ0v) is 12.8. The monoisotopic (exact) mass is 288 g/mol. The third kappa shape index (κ3) is 3.28. The van der Waals surface area contributed by atoms with Gasteiger partial charge in [0, 0.05) is 0 Å². The van der Waals surface area contributed by atoms with Crippen molar-refractivity contribution in [2.75, 3.05) is 18.1 Å². The van der Waals surface area contributed by atoms with Gasteiger partial charge in [-0.2, -0.15) is 0 Å². The Bertz CT molecular complexity index is 472. The lowest BCUT2D eigenvalue weighted by molar-refractivity contribution is -0.128. The smallest absolute Gasteiger partial charge is 0.238 e. The van der Waals surface area contributed by atoms with Crippen molar-refractivity contribution < 1.29 is 13.2 Å². The molecule has 110 valence electrons. The molecule has 6 heteroatoms. The number of sulfone groups is 1. The van der Waals surface area contributed by atoms with Crippen LogP contribution in [0.4, 0.5) is 0 Å². The minimum atomic E-state index is -2.99. The summed E-state index contributed by atoms with van der Waals surface area (Å²) in [6.07, 6.45) is 2.59. The van der Waals surface area contributed by atoms with Crippen LogP contribution in [0, 0.1) is 5.41 Å². The standard InChI is InChI=1S/C13H24N2O3S/c1-12(2)5-4-7-14-10(12)11(16)15-13(3)6-8-19(17,18)9-13/h10,14H,4-9H2,1-3H3,(H,15,16). The van der Waals surface area contributed by atoms with Crippen molar-refractivity contribution in [3.05, 3.63) is 0 Å². The van der Waals surface area contributed by atoms with Crippen molar-refractivity contribution in [1.29, 1.82) is 0 Å². The highest BCUT2D eigenvalue weighted by atomic mass is 32.2. The predicted octanol–water partition coefficient (Wildman–Crippen LogP) is 0.458. The molecule has 2 rings (SSSR count). The van der Waals surface area contributed by atoms with E-state index in [2.05, 4.69) is 24.5 Å². The van der Waals surface area contributed by atoms with E-state index in [0.717, 1.165) is 19.4 Å². The molecule has 2 aliphatic rings. The van der Waals surface area contributed by atoms with E-state index in [0.29, 0.717) is 6.42 Å². The summed E-state index contributed by atoms with van der Waals surface area (Å²) >= 11 is 0. The number of hydrogen-bond donors (Lipinski definition) is 2. The molecule has 5 nitrogen and oxygen atoms in total. The van der Waals surface area contributed by atoms with Gasteiger partial charge in [0.05, 0.1) is 23.1 Å². The highest BCUT2D eigenvalue weighted by Crippen LogP contribution is 2.31. The predicted molar refractivity (Wildman–Crippen MR) is 74.6 cm³/mol. The maximum Gasteiger partial charge on any atom is 0.238 e. The molecular formula is C13H24N2O3S. The van der Waals surface area contributed by atoms with E-state index in [4.69, 9.17) is 0 Å². The number of rotatable bonds is 2. The van der Waals surface area contributed by atoms with E-state index in [1.165, 1.54) is 0 Å². The Kier molecular flexibility index (Phi) is 3.68. The second-order valence-electron chi connectivity index (χ2n) is 6.87. The molecular weight excluding hydrogens is 264 g/mol. The number of piperidine rings is 1. The van der Waals surface area contributed by atoms with Gasteiger partial charge in [-0.05, 0) is 38.1 Å². The summed E-state index contributed by atoms with van der Waals surface area (Å²) in [5, 5.41) is 6.22. The molecule has 2 saturated heterocycles. The fraction of sp³-hybridized carbons (Fsp3) is 0.923. The Morgan fingerprint density at radius 2 is 1.95 bits per heavy atom. The van der Waals surface area contributed by atoms with Crippen molar-refractivity contribution in [2.45, 2.75) is 51.6 Å². The van der Waals surface area contributed by atoms with Gasteiger partial charge in [-0.1, -0.05) is 13.8 Å². The molecule has 2 unspecified atom stereocenters. The molecule has 0 bridgehead atoms. The normalized spacial score (nSPS) is 36.9. The van der Waals surface area contributed by atoms with Gasteiger partial charge in [0.15, 0.2) is 9.84 Å². The molecule has 0 radical (unpaired) electrons. The van der Waals surface area contributed by atoms with Crippen LogP contribution in [-0.2, 0) is 14.6 Å². The second-order valence-corrected chi connectivity index (χ2v) is 9.06. The van der Waals surface area contributed by atoms with Gasteiger partial charge in [0.1, 0.15) is 0 Å². The zero-order valence-electron chi connectivity index (χ0n) is 12.0. The first-order chi connectivity index (χ1) is 8.64. The lowest BCUT2D eigenvalue weighted by atomic mass is 9.77. The average Bonchev–Trinajstić information content (AvgIpc) is 2.51.